The maximum atomic E-state index is 11.4. The molecule has 1 amide bonds. The number of halogens is 1. The number of rotatable bonds is 2. The summed E-state index contributed by atoms with van der Waals surface area (Å²) < 4.78 is 22.8. The lowest BCUT2D eigenvalue weighted by Crippen LogP contribution is -2.52. The molecule has 0 radical (unpaired) electrons. The molecule has 0 aliphatic carbocycles. The average Bonchev–Trinajstić information content (AvgIpc) is 2.69. The molecule has 2 fully saturated rings. The molecule has 0 unspecified atom stereocenters. The molecular weight excluding hydrogens is 264 g/mol. The standard InChI is InChI=1S/C10H17ClN2O3S/c11-7-10(14)13-4-2-12(3-5-13)9-1-6-17(15,16)8-9/h9H,1-8H2/t9-/m0/s1. The third kappa shape index (κ3) is 3.11. The van der Waals surface area contributed by atoms with E-state index in [9.17, 15) is 13.2 Å². The number of carbonyl (C=O) groups excluding carboxylic acids is 1. The fraction of sp³-hybridized carbons (Fsp3) is 0.900. The molecule has 0 aromatic carbocycles. The Labute approximate surface area is 107 Å². The first-order chi connectivity index (χ1) is 8.02. The Hall–Kier alpha value is -0.330. The fourth-order valence-corrected chi connectivity index (χ4v) is 4.41. The number of amides is 1. The van der Waals surface area contributed by atoms with Crippen molar-refractivity contribution in [3.8, 4) is 0 Å². The van der Waals surface area contributed by atoms with E-state index >= 15 is 0 Å². The van der Waals surface area contributed by atoms with Crippen LogP contribution in [0.4, 0.5) is 0 Å². The van der Waals surface area contributed by atoms with E-state index in [2.05, 4.69) is 4.90 Å². The summed E-state index contributed by atoms with van der Waals surface area (Å²) >= 11 is 5.50. The monoisotopic (exact) mass is 280 g/mol. The first kappa shape index (κ1) is 13.1. The van der Waals surface area contributed by atoms with Crippen LogP contribution in [-0.2, 0) is 14.6 Å². The Balaban J connectivity index is 1.86. The summed E-state index contributed by atoms with van der Waals surface area (Å²) in [4.78, 5) is 15.3. The molecular formula is C10H17ClN2O3S. The predicted molar refractivity (Wildman–Crippen MR) is 65.9 cm³/mol. The van der Waals surface area contributed by atoms with Gasteiger partial charge in [0, 0.05) is 32.2 Å². The van der Waals surface area contributed by atoms with E-state index in [4.69, 9.17) is 11.6 Å². The zero-order valence-corrected chi connectivity index (χ0v) is 11.2. The molecule has 2 rings (SSSR count). The van der Waals surface area contributed by atoms with Crippen LogP contribution in [0.3, 0.4) is 0 Å². The Morgan fingerprint density at radius 1 is 1.24 bits per heavy atom. The SMILES string of the molecule is O=C(CCl)N1CCN([C@H]2CCS(=O)(=O)C2)CC1. The third-order valence-corrected chi connectivity index (χ3v) is 5.49. The highest BCUT2D eigenvalue weighted by Gasteiger charge is 2.34. The topological polar surface area (TPSA) is 57.7 Å². The van der Waals surface area contributed by atoms with Crippen molar-refractivity contribution >= 4 is 27.3 Å². The van der Waals surface area contributed by atoms with Gasteiger partial charge in [-0.15, -0.1) is 11.6 Å². The second kappa shape index (κ2) is 5.12. The van der Waals surface area contributed by atoms with E-state index in [1.165, 1.54) is 0 Å². The van der Waals surface area contributed by atoms with Gasteiger partial charge in [0.05, 0.1) is 11.5 Å². The first-order valence-corrected chi connectivity index (χ1v) is 8.15. The highest BCUT2D eigenvalue weighted by atomic mass is 35.5. The van der Waals surface area contributed by atoms with Crippen molar-refractivity contribution in [1.29, 1.82) is 0 Å². The molecule has 2 saturated heterocycles. The van der Waals surface area contributed by atoms with E-state index < -0.39 is 9.84 Å². The fourth-order valence-electron chi connectivity index (χ4n) is 2.48. The van der Waals surface area contributed by atoms with E-state index in [0.717, 1.165) is 19.5 Å². The lowest BCUT2D eigenvalue weighted by molar-refractivity contribution is -0.130. The van der Waals surface area contributed by atoms with Gasteiger partial charge >= 0.3 is 0 Å². The van der Waals surface area contributed by atoms with Gasteiger partial charge < -0.3 is 4.90 Å². The van der Waals surface area contributed by atoms with Gasteiger partial charge in [-0.3, -0.25) is 9.69 Å². The maximum Gasteiger partial charge on any atom is 0.237 e. The second-order valence-corrected chi connectivity index (χ2v) is 7.10. The smallest absolute Gasteiger partial charge is 0.237 e. The van der Waals surface area contributed by atoms with Gasteiger partial charge in [0.15, 0.2) is 9.84 Å². The summed E-state index contributed by atoms with van der Waals surface area (Å²) in [5.74, 6) is 0.567. The summed E-state index contributed by atoms with van der Waals surface area (Å²) in [6, 6.07) is 0.147. The number of hydrogen-bond acceptors (Lipinski definition) is 4. The number of piperazine rings is 1. The average molecular weight is 281 g/mol. The van der Waals surface area contributed by atoms with E-state index in [1.807, 2.05) is 0 Å². The van der Waals surface area contributed by atoms with Crippen molar-refractivity contribution in [2.24, 2.45) is 0 Å². The molecule has 5 nitrogen and oxygen atoms in total. The molecule has 0 saturated carbocycles. The van der Waals surface area contributed by atoms with Gasteiger partial charge in [0.2, 0.25) is 5.91 Å². The molecule has 0 bridgehead atoms. The molecule has 17 heavy (non-hydrogen) atoms. The quantitative estimate of drug-likeness (QED) is 0.644. The Morgan fingerprint density at radius 3 is 2.35 bits per heavy atom. The van der Waals surface area contributed by atoms with Crippen molar-refractivity contribution in [3.63, 3.8) is 0 Å². The second-order valence-electron chi connectivity index (χ2n) is 4.61. The molecule has 0 aromatic rings. The lowest BCUT2D eigenvalue weighted by Gasteiger charge is -2.37. The normalized spacial score (nSPS) is 29.5. The number of carbonyl (C=O) groups is 1. The van der Waals surface area contributed by atoms with Crippen LogP contribution < -0.4 is 0 Å². The predicted octanol–water partition coefficient (Wildman–Crippen LogP) is -0.443. The van der Waals surface area contributed by atoms with Crippen LogP contribution in [0.15, 0.2) is 0 Å². The molecule has 1 atom stereocenters. The van der Waals surface area contributed by atoms with Crippen LogP contribution >= 0.6 is 11.6 Å². The minimum absolute atomic E-state index is 0.0256. The highest BCUT2D eigenvalue weighted by molar-refractivity contribution is 7.91. The maximum absolute atomic E-state index is 11.4. The summed E-state index contributed by atoms with van der Waals surface area (Å²) in [7, 11) is -2.82. The van der Waals surface area contributed by atoms with Crippen LogP contribution in [-0.4, -0.2) is 73.7 Å². The number of sulfone groups is 1. The van der Waals surface area contributed by atoms with Gasteiger partial charge in [-0.05, 0) is 6.42 Å². The van der Waals surface area contributed by atoms with Crippen LogP contribution in [0.1, 0.15) is 6.42 Å². The van der Waals surface area contributed by atoms with Gasteiger partial charge in [0.1, 0.15) is 5.88 Å². The molecule has 0 spiro atoms. The zero-order valence-electron chi connectivity index (χ0n) is 9.64. The van der Waals surface area contributed by atoms with Gasteiger partial charge in [-0.1, -0.05) is 0 Å². The molecule has 0 N–H and O–H groups in total. The number of nitrogens with zero attached hydrogens (tertiary/aromatic N) is 2. The van der Waals surface area contributed by atoms with Crippen molar-refractivity contribution in [2.45, 2.75) is 12.5 Å². The summed E-state index contributed by atoms with van der Waals surface area (Å²) in [5, 5.41) is 0. The molecule has 7 heteroatoms. The van der Waals surface area contributed by atoms with Crippen LogP contribution in [0, 0.1) is 0 Å². The van der Waals surface area contributed by atoms with Gasteiger partial charge in [-0.25, -0.2) is 8.42 Å². The van der Waals surface area contributed by atoms with Crippen molar-refractivity contribution in [2.75, 3.05) is 43.6 Å². The largest absolute Gasteiger partial charge is 0.339 e. The molecule has 2 heterocycles. The zero-order chi connectivity index (χ0) is 12.5. The van der Waals surface area contributed by atoms with Crippen LogP contribution in [0.2, 0.25) is 0 Å². The van der Waals surface area contributed by atoms with Gasteiger partial charge in [0.25, 0.3) is 0 Å². The molecule has 98 valence electrons. The molecule has 2 aliphatic heterocycles. The first-order valence-electron chi connectivity index (χ1n) is 5.80. The minimum Gasteiger partial charge on any atom is -0.339 e. The highest BCUT2D eigenvalue weighted by Crippen LogP contribution is 2.19. The Bertz CT molecular complexity index is 390. The number of hydrogen-bond donors (Lipinski definition) is 0. The van der Waals surface area contributed by atoms with Crippen molar-refractivity contribution in [1.82, 2.24) is 9.80 Å². The molecule has 2 aliphatic rings. The van der Waals surface area contributed by atoms with E-state index in [-0.39, 0.29) is 23.6 Å². The lowest BCUT2D eigenvalue weighted by atomic mass is 10.2. The van der Waals surface area contributed by atoms with Crippen LogP contribution in [0.25, 0.3) is 0 Å². The van der Waals surface area contributed by atoms with E-state index in [0.29, 0.717) is 18.8 Å². The summed E-state index contributed by atoms with van der Waals surface area (Å²) in [6.07, 6.45) is 0.728. The Morgan fingerprint density at radius 2 is 1.88 bits per heavy atom. The van der Waals surface area contributed by atoms with Crippen LogP contribution in [0.5, 0.6) is 0 Å². The van der Waals surface area contributed by atoms with E-state index in [1.54, 1.807) is 4.90 Å². The Kier molecular flexibility index (Phi) is 3.95. The summed E-state index contributed by atoms with van der Waals surface area (Å²) in [6.45, 7) is 2.82. The van der Waals surface area contributed by atoms with Gasteiger partial charge in [-0.2, -0.15) is 0 Å². The van der Waals surface area contributed by atoms with Crippen molar-refractivity contribution < 1.29 is 13.2 Å². The summed E-state index contributed by atoms with van der Waals surface area (Å²) in [5.41, 5.74) is 0. The third-order valence-electron chi connectivity index (χ3n) is 3.51. The minimum atomic E-state index is -2.82. The number of alkyl halides is 1. The van der Waals surface area contributed by atoms with Crippen molar-refractivity contribution in [3.05, 3.63) is 0 Å². The molecule has 0 aromatic heterocycles.